The lowest BCUT2D eigenvalue weighted by atomic mass is 9.88. The standard InChI is InChI=1S/2C54H103NO7S/c1-4-7-10-13-16-19-22-25-28-31-34-37-40-43-51(56)55-50(54(59)60)48-63-47-49(62-53(58)45-42-39-36-33-30-27-24-21-18-15-12-9-6-3)46-61-52(57)44-41-38-35-32-29-26-23-20-17-14-11-8-5-2;1-4-7-10-13-16-19-22-25-28-31-34-37-40-43-50(58)54(53(61)62,48-63-47-49(57)46-56)55(51(59)44-41-38-35-32-29-26-23-20-17-14-11-8-5-2)52(60)45-42-39-36-33-30-27-24-21-18-15-12-9-6-3/h49-50H,4-48H2,1-3H3,(H,55,56)(H,59,60);49,56-57H,4-48H2,1-3H3,(H,61,62)/t49?,50-;49?,54-/m00/s1. The highest BCUT2D eigenvalue weighted by Crippen LogP contribution is 2.31. The Labute approximate surface area is 785 Å². The Morgan fingerprint density at radius 3 is 0.810 bits per heavy atom. The lowest BCUT2D eigenvalue weighted by Gasteiger charge is -2.38. The van der Waals surface area contributed by atoms with Gasteiger partial charge in [-0.1, -0.05) is 504 Å². The van der Waals surface area contributed by atoms with Gasteiger partial charge in [0.2, 0.25) is 23.3 Å². The number of esters is 2. The number of imide groups is 1. The van der Waals surface area contributed by atoms with Gasteiger partial charge in [-0.05, 0) is 38.5 Å². The number of aliphatic hydroxyl groups is 2. The largest absolute Gasteiger partial charge is 0.480 e. The predicted molar refractivity (Wildman–Crippen MR) is 537 cm³/mol. The van der Waals surface area contributed by atoms with Gasteiger partial charge in [-0.15, -0.1) is 0 Å². The Balaban J connectivity index is 0. The topological polar surface area (TPSA) is 251 Å². The average molecular weight is 1820 g/mol. The van der Waals surface area contributed by atoms with Crippen LogP contribution in [0.3, 0.4) is 0 Å². The Kier molecular flexibility index (Phi) is 98.3. The normalized spacial score (nSPS) is 12.6. The van der Waals surface area contributed by atoms with E-state index in [1.165, 1.54) is 371 Å². The Hall–Kier alpha value is -3.22. The van der Waals surface area contributed by atoms with Crippen molar-refractivity contribution in [3.63, 3.8) is 0 Å². The molecule has 18 heteroatoms. The molecule has 5 N–H and O–H groups in total. The minimum absolute atomic E-state index is 0.00845. The summed E-state index contributed by atoms with van der Waals surface area (Å²) in [5.74, 6) is -5.10. The fraction of sp³-hybridized carbons (Fsp3) is 0.926. The first-order valence-corrected chi connectivity index (χ1v) is 56.8. The number of unbranched alkanes of at least 4 members (excludes halogenated alkanes) is 72. The molecule has 744 valence electrons. The predicted octanol–water partition coefficient (Wildman–Crippen LogP) is 31.5. The molecule has 0 rings (SSSR count). The molecule has 2 unspecified atom stereocenters. The van der Waals surface area contributed by atoms with Crippen LogP contribution in [-0.4, -0.2) is 133 Å². The van der Waals surface area contributed by atoms with E-state index in [1.54, 1.807) is 0 Å². The average Bonchev–Trinajstić information content (AvgIpc) is 0.765. The lowest BCUT2D eigenvalue weighted by Crippen LogP contribution is -2.65. The van der Waals surface area contributed by atoms with Crippen LogP contribution in [0, 0.1) is 0 Å². The zero-order valence-corrected chi connectivity index (χ0v) is 85.1. The first kappa shape index (κ1) is 125. The number of ketones is 1. The molecular formula is C108H206N2O14S2. The number of carbonyl (C=O) groups excluding carboxylic acids is 6. The smallest absolute Gasteiger partial charge is 0.338 e. The number of carboxylic acids is 2. The van der Waals surface area contributed by atoms with Crippen LogP contribution < -0.4 is 5.32 Å². The molecular weight excluding hydrogens is 1610 g/mol. The van der Waals surface area contributed by atoms with Crippen molar-refractivity contribution in [2.45, 2.75) is 605 Å². The van der Waals surface area contributed by atoms with E-state index in [0.717, 1.165) is 139 Å². The molecule has 0 bridgehead atoms. The third kappa shape index (κ3) is 82.7. The maximum atomic E-state index is 14.3. The number of carbonyl (C=O) groups is 8. The zero-order chi connectivity index (χ0) is 92.6. The number of nitrogens with zero attached hydrogens (tertiary/aromatic N) is 1. The van der Waals surface area contributed by atoms with Crippen LogP contribution in [0.1, 0.15) is 581 Å². The summed E-state index contributed by atoms with van der Waals surface area (Å²) in [6.07, 6.45) is 92.0. The van der Waals surface area contributed by atoms with E-state index in [9.17, 15) is 58.8 Å². The minimum atomic E-state index is -2.35. The van der Waals surface area contributed by atoms with Crippen molar-refractivity contribution in [3.05, 3.63) is 0 Å². The number of rotatable bonds is 101. The van der Waals surface area contributed by atoms with Gasteiger partial charge in [0.1, 0.15) is 18.8 Å². The molecule has 0 aromatic carbocycles. The van der Waals surface area contributed by atoms with Crippen LogP contribution in [0.2, 0.25) is 0 Å². The Morgan fingerprint density at radius 2 is 0.548 bits per heavy atom. The summed E-state index contributed by atoms with van der Waals surface area (Å²) in [5, 5.41) is 43.2. The van der Waals surface area contributed by atoms with Gasteiger partial charge in [-0.2, -0.15) is 23.5 Å². The molecule has 0 radical (unpaired) electrons. The van der Waals surface area contributed by atoms with Crippen LogP contribution >= 0.6 is 23.5 Å². The van der Waals surface area contributed by atoms with Crippen molar-refractivity contribution in [2.24, 2.45) is 0 Å². The molecule has 0 saturated carbocycles. The molecule has 0 fully saturated rings. The molecule has 4 atom stereocenters. The van der Waals surface area contributed by atoms with Crippen molar-refractivity contribution < 1.29 is 68.3 Å². The van der Waals surface area contributed by atoms with E-state index in [2.05, 4.69) is 46.9 Å². The van der Waals surface area contributed by atoms with Crippen molar-refractivity contribution in [1.82, 2.24) is 10.2 Å². The second kappa shape index (κ2) is 99.3. The maximum absolute atomic E-state index is 14.3. The first-order valence-electron chi connectivity index (χ1n) is 54.5. The lowest BCUT2D eigenvalue weighted by molar-refractivity contribution is -0.169. The maximum Gasteiger partial charge on any atom is 0.338 e. The summed E-state index contributed by atoms with van der Waals surface area (Å²) in [5.41, 5.74) is -2.35. The quantitative estimate of drug-likeness (QED) is 0.0216. The van der Waals surface area contributed by atoms with Gasteiger partial charge in [-0.3, -0.25) is 33.7 Å². The number of carboxylic acid groups (broad SMARTS) is 2. The number of hydrogen-bond acceptors (Lipinski definition) is 14. The van der Waals surface area contributed by atoms with E-state index in [4.69, 9.17) is 9.47 Å². The Morgan fingerprint density at radius 1 is 0.302 bits per heavy atom. The molecule has 0 aliphatic carbocycles. The van der Waals surface area contributed by atoms with Crippen molar-refractivity contribution >= 4 is 70.9 Å². The summed E-state index contributed by atoms with van der Waals surface area (Å²) in [7, 11) is 0. The number of thioether (sulfide) groups is 2. The van der Waals surface area contributed by atoms with Crippen molar-refractivity contribution in [3.8, 4) is 0 Å². The second-order valence-electron chi connectivity index (χ2n) is 37.8. The number of ether oxygens (including phenoxy) is 2. The summed E-state index contributed by atoms with van der Waals surface area (Å²) < 4.78 is 11.4. The first-order chi connectivity index (χ1) is 61.6. The fourth-order valence-electron chi connectivity index (χ4n) is 17.1. The van der Waals surface area contributed by atoms with Crippen LogP contribution in [0.5, 0.6) is 0 Å². The molecule has 0 heterocycles. The van der Waals surface area contributed by atoms with Gasteiger partial charge < -0.3 is 35.2 Å². The third-order valence-electron chi connectivity index (χ3n) is 25.4. The number of hydrogen-bond donors (Lipinski definition) is 5. The van der Waals surface area contributed by atoms with Gasteiger partial charge in [-0.25, -0.2) is 9.59 Å². The number of aliphatic hydroxyl groups excluding tert-OH is 2. The monoisotopic (exact) mass is 1820 g/mol. The Bertz CT molecular complexity index is 2380. The number of Topliss-reactive ketones (excluding diaryl/α,β-unsaturated/α-hetero) is 1. The summed E-state index contributed by atoms with van der Waals surface area (Å²) >= 11 is 2.31. The number of aliphatic carboxylic acids is 2. The van der Waals surface area contributed by atoms with Crippen LogP contribution in [0.4, 0.5) is 0 Å². The highest BCUT2D eigenvalue weighted by atomic mass is 32.2. The summed E-state index contributed by atoms with van der Waals surface area (Å²) in [6, 6.07) is -1.04. The molecule has 0 aliphatic rings. The molecule has 126 heavy (non-hydrogen) atoms. The van der Waals surface area contributed by atoms with E-state index in [1.807, 2.05) is 0 Å². The highest BCUT2D eigenvalue weighted by Gasteiger charge is 2.55. The van der Waals surface area contributed by atoms with Gasteiger partial charge in [0.15, 0.2) is 5.78 Å². The van der Waals surface area contributed by atoms with Gasteiger partial charge in [0.25, 0.3) is 0 Å². The molecule has 3 amide bonds. The summed E-state index contributed by atoms with van der Waals surface area (Å²) in [4.78, 5) is 107. The third-order valence-corrected chi connectivity index (χ3v) is 27.9. The van der Waals surface area contributed by atoms with E-state index < -0.39 is 59.9 Å². The molecule has 0 saturated heterocycles. The van der Waals surface area contributed by atoms with Crippen LogP contribution in [0.15, 0.2) is 0 Å². The van der Waals surface area contributed by atoms with Gasteiger partial charge >= 0.3 is 23.9 Å². The highest BCUT2D eigenvalue weighted by molar-refractivity contribution is 7.99. The van der Waals surface area contributed by atoms with Gasteiger partial charge in [0.05, 0.1) is 12.7 Å². The molecule has 0 aromatic rings. The van der Waals surface area contributed by atoms with Crippen molar-refractivity contribution in [1.29, 1.82) is 0 Å². The van der Waals surface area contributed by atoms with E-state index >= 15 is 0 Å². The summed E-state index contributed by atoms with van der Waals surface area (Å²) in [6.45, 7) is 13.0. The molecule has 16 nitrogen and oxygen atoms in total. The number of nitrogens with one attached hydrogen (secondary N) is 1. The minimum Gasteiger partial charge on any atom is -0.480 e. The molecule has 0 aliphatic heterocycles. The van der Waals surface area contributed by atoms with E-state index in [-0.39, 0.29) is 66.7 Å². The molecule has 0 spiro atoms. The van der Waals surface area contributed by atoms with Crippen molar-refractivity contribution in [2.75, 3.05) is 36.2 Å². The fourth-order valence-corrected chi connectivity index (χ4v) is 19.3. The molecule has 0 aromatic heterocycles. The van der Waals surface area contributed by atoms with Gasteiger partial charge in [0, 0.05) is 61.5 Å². The zero-order valence-electron chi connectivity index (χ0n) is 83.5. The van der Waals surface area contributed by atoms with Crippen LogP contribution in [0.25, 0.3) is 0 Å². The van der Waals surface area contributed by atoms with Crippen LogP contribution in [-0.2, 0) is 47.8 Å². The SMILES string of the molecule is CCCCCCCCCCCCCCCC(=O)N(C(=O)CCCCCCCCCCCCCCC)[C@](CSCC(O)CO)(C(=O)O)C(=O)CCCCCCCCCCCCCCC.CCCCCCCCCCCCCCCC(=O)N[C@@H](CSCC(COC(=O)CCCCCCCCCCCCCCC)OC(=O)CCCCCCCCCCCCCCC)C(=O)O. The second-order valence-corrected chi connectivity index (χ2v) is 39.9. The number of amides is 3. The van der Waals surface area contributed by atoms with E-state index in [0.29, 0.717) is 38.5 Å².